The van der Waals surface area contributed by atoms with Crippen molar-refractivity contribution >= 4 is 17.1 Å². The van der Waals surface area contributed by atoms with Crippen molar-refractivity contribution in [2.45, 2.75) is 0 Å². The molecule has 4 heteroatoms. The normalized spacial score (nSPS) is 10.7. The van der Waals surface area contributed by atoms with Gasteiger partial charge in [-0.15, -0.1) is 0 Å². The van der Waals surface area contributed by atoms with E-state index in [9.17, 15) is 0 Å². The zero-order valence-corrected chi connectivity index (χ0v) is 4.59. The summed E-state index contributed by atoms with van der Waals surface area (Å²) < 4.78 is 4.94. The van der Waals surface area contributed by atoms with E-state index in [0.29, 0.717) is 11.6 Å². The smallest absolute Gasteiger partial charge is 0.246 e. The number of furan rings is 1. The lowest BCUT2D eigenvalue weighted by Gasteiger charge is -1.73. The first-order valence-electron chi connectivity index (χ1n) is 2.54. The van der Waals surface area contributed by atoms with Crippen molar-refractivity contribution < 1.29 is 4.42 Å². The molecule has 2 heterocycles. The predicted octanol–water partition coefficient (Wildman–Crippen LogP) is 0.738. The van der Waals surface area contributed by atoms with Gasteiger partial charge in [-0.05, 0) is 0 Å². The topological polar surface area (TPSA) is 67.8 Å². The maximum atomic E-state index is 5.31. The van der Waals surface area contributed by atoms with Crippen LogP contribution in [0.3, 0.4) is 0 Å². The molecule has 0 amide bonds. The molecule has 9 heavy (non-hydrogen) atoms. The van der Waals surface area contributed by atoms with Gasteiger partial charge in [0.15, 0.2) is 5.88 Å². The van der Waals surface area contributed by atoms with Crippen molar-refractivity contribution in [1.82, 2.24) is 9.97 Å². The summed E-state index contributed by atoms with van der Waals surface area (Å²) >= 11 is 0. The highest BCUT2D eigenvalue weighted by Gasteiger charge is 1.99. The van der Waals surface area contributed by atoms with Gasteiger partial charge in [-0.3, -0.25) is 0 Å². The lowest BCUT2D eigenvalue weighted by molar-refractivity contribution is 0.625. The summed E-state index contributed by atoms with van der Waals surface area (Å²) in [6.45, 7) is 0. The van der Waals surface area contributed by atoms with Crippen LogP contribution in [0.5, 0.6) is 0 Å². The van der Waals surface area contributed by atoms with Crippen LogP contribution in [0.15, 0.2) is 16.8 Å². The van der Waals surface area contributed by atoms with Gasteiger partial charge in [-0.1, -0.05) is 0 Å². The van der Waals surface area contributed by atoms with E-state index >= 15 is 0 Å². The van der Waals surface area contributed by atoms with Crippen molar-refractivity contribution in [2.24, 2.45) is 0 Å². The van der Waals surface area contributed by atoms with E-state index in [1.807, 2.05) is 0 Å². The Morgan fingerprint density at radius 2 is 2.56 bits per heavy atom. The molecular weight excluding hydrogens is 118 g/mol. The first kappa shape index (κ1) is 4.43. The van der Waals surface area contributed by atoms with Gasteiger partial charge in [0.05, 0.1) is 6.33 Å². The Labute approximate surface area is 50.7 Å². The molecule has 2 aromatic heterocycles. The SMILES string of the molecule is Nc1cc2[nH]cnc2o1. The third kappa shape index (κ3) is 0.495. The molecule has 0 spiro atoms. The summed E-state index contributed by atoms with van der Waals surface area (Å²) in [5.41, 5.74) is 6.71. The number of nitrogens with zero attached hydrogens (tertiary/aromatic N) is 1. The lowest BCUT2D eigenvalue weighted by atomic mass is 10.5. The number of H-pyrrole nitrogens is 1. The molecule has 0 fully saturated rings. The van der Waals surface area contributed by atoms with Crippen molar-refractivity contribution in [3.05, 3.63) is 12.4 Å². The van der Waals surface area contributed by atoms with E-state index in [4.69, 9.17) is 10.2 Å². The molecule has 0 aliphatic heterocycles. The standard InChI is InChI=1S/C5H5N3O/c6-4-1-3-5(9-4)8-2-7-3/h1-2H,6H2,(H,7,8). The molecule has 0 bridgehead atoms. The number of nitrogens with one attached hydrogen (secondary N) is 1. The molecule has 0 radical (unpaired) electrons. The zero-order valence-electron chi connectivity index (χ0n) is 4.59. The van der Waals surface area contributed by atoms with Gasteiger partial charge < -0.3 is 15.1 Å². The fourth-order valence-corrected chi connectivity index (χ4v) is 0.760. The van der Waals surface area contributed by atoms with E-state index in [1.165, 1.54) is 0 Å². The number of rotatable bonds is 0. The zero-order chi connectivity index (χ0) is 6.27. The minimum atomic E-state index is 0.393. The van der Waals surface area contributed by atoms with Crippen LogP contribution >= 0.6 is 0 Å². The maximum absolute atomic E-state index is 5.31. The van der Waals surface area contributed by atoms with Gasteiger partial charge >= 0.3 is 0 Å². The lowest BCUT2D eigenvalue weighted by Crippen LogP contribution is -1.76. The Bertz CT molecular complexity index is 293. The predicted molar refractivity (Wildman–Crippen MR) is 32.8 cm³/mol. The highest BCUT2D eigenvalue weighted by atomic mass is 16.4. The van der Waals surface area contributed by atoms with Crippen LogP contribution in [-0.2, 0) is 0 Å². The quantitative estimate of drug-likeness (QED) is 0.542. The maximum Gasteiger partial charge on any atom is 0.246 e. The Balaban J connectivity index is 2.92. The van der Waals surface area contributed by atoms with E-state index in [1.54, 1.807) is 12.4 Å². The Hall–Kier alpha value is -1.45. The largest absolute Gasteiger partial charge is 0.421 e. The van der Waals surface area contributed by atoms with Gasteiger partial charge in [0.2, 0.25) is 5.71 Å². The van der Waals surface area contributed by atoms with Crippen LogP contribution in [0, 0.1) is 0 Å². The molecule has 0 aliphatic carbocycles. The third-order valence-electron chi connectivity index (χ3n) is 1.13. The molecule has 0 saturated carbocycles. The molecule has 2 rings (SSSR count). The molecule has 3 N–H and O–H groups in total. The number of hydrogen-bond acceptors (Lipinski definition) is 3. The molecule has 0 aliphatic rings. The Kier molecular flexibility index (Phi) is 0.631. The molecule has 0 aromatic carbocycles. The van der Waals surface area contributed by atoms with Crippen LogP contribution in [-0.4, -0.2) is 9.97 Å². The average molecular weight is 123 g/mol. The molecule has 2 aromatic rings. The van der Waals surface area contributed by atoms with Gasteiger partial charge in [-0.2, -0.15) is 0 Å². The number of aromatic nitrogens is 2. The molecule has 4 nitrogen and oxygen atoms in total. The summed E-state index contributed by atoms with van der Waals surface area (Å²) in [6, 6.07) is 1.70. The fourth-order valence-electron chi connectivity index (χ4n) is 0.760. The Morgan fingerprint density at radius 3 is 3.33 bits per heavy atom. The first-order valence-corrected chi connectivity index (χ1v) is 2.54. The van der Waals surface area contributed by atoms with Crippen LogP contribution in [0.1, 0.15) is 0 Å². The van der Waals surface area contributed by atoms with Crippen LogP contribution in [0.2, 0.25) is 0 Å². The number of nitrogens with two attached hydrogens (primary N) is 1. The van der Waals surface area contributed by atoms with E-state index < -0.39 is 0 Å². The highest BCUT2D eigenvalue weighted by Crippen LogP contribution is 2.15. The number of anilines is 1. The van der Waals surface area contributed by atoms with Gasteiger partial charge in [0.1, 0.15) is 5.52 Å². The minimum Gasteiger partial charge on any atom is -0.421 e. The second-order valence-corrected chi connectivity index (χ2v) is 1.77. The summed E-state index contributed by atoms with van der Waals surface area (Å²) in [7, 11) is 0. The molecule has 0 saturated heterocycles. The Morgan fingerprint density at radius 1 is 1.67 bits per heavy atom. The van der Waals surface area contributed by atoms with E-state index in [2.05, 4.69) is 9.97 Å². The average Bonchev–Trinajstić information content (AvgIpc) is 2.22. The monoisotopic (exact) mass is 123 g/mol. The fraction of sp³-hybridized carbons (Fsp3) is 0. The number of imidazole rings is 1. The van der Waals surface area contributed by atoms with Crippen LogP contribution < -0.4 is 5.73 Å². The number of aromatic amines is 1. The number of fused-ring (bicyclic) bond motifs is 1. The minimum absolute atomic E-state index is 0.393. The molecular formula is C5H5N3O. The molecule has 0 unspecified atom stereocenters. The van der Waals surface area contributed by atoms with Crippen molar-refractivity contribution in [3.63, 3.8) is 0 Å². The second-order valence-electron chi connectivity index (χ2n) is 1.77. The molecule has 0 atom stereocenters. The van der Waals surface area contributed by atoms with Crippen LogP contribution in [0.4, 0.5) is 5.88 Å². The summed E-state index contributed by atoms with van der Waals surface area (Å²) in [6.07, 6.45) is 1.56. The summed E-state index contributed by atoms with van der Waals surface area (Å²) in [5.74, 6) is 0.393. The first-order chi connectivity index (χ1) is 4.36. The number of hydrogen-bond donors (Lipinski definition) is 2. The third-order valence-corrected chi connectivity index (χ3v) is 1.13. The second kappa shape index (κ2) is 1.28. The van der Waals surface area contributed by atoms with Crippen molar-refractivity contribution in [2.75, 3.05) is 5.73 Å². The van der Waals surface area contributed by atoms with Crippen molar-refractivity contribution in [3.8, 4) is 0 Å². The summed E-state index contributed by atoms with van der Waals surface area (Å²) in [4.78, 5) is 6.69. The summed E-state index contributed by atoms with van der Waals surface area (Å²) in [5, 5.41) is 0. The van der Waals surface area contributed by atoms with Crippen LogP contribution in [0.25, 0.3) is 11.2 Å². The van der Waals surface area contributed by atoms with Gasteiger partial charge in [-0.25, -0.2) is 4.98 Å². The number of nitrogen functional groups attached to an aromatic ring is 1. The molecule has 46 valence electrons. The van der Waals surface area contributed by atoms with E-state index in [-0.39, 0.29) is 0 Å². The van der Waals surface area contributed by atoms with Gasteiger partial charge in [0, 0.05) is 6.07 Å². The van der Waals surface area contributed by atoms with E-state index in [0.717, 1.165) is 5.52 Å². The highest BCUT2D eigenvalue weighted by molar-refractivity contribution is 5.72. The van der Waals surface area contributed by atoms with Crippen molar-refractivity contribution in [1.29, 1.82) is 0 Å². The van der Waals surface area contributed by atoms with Gasteiger partial charge in [0.25, 0.3) is 0 Å².